The van der Waals surface area contributed by atoms with Crippen molar-refractivity contribution in [3.63, 3.8) is 0 Å². The number of aliphatic carboxylic acids is 3. The number of quaternary nitrogens is 3. The van der Waals surface area contributed by atoms with Crippen molar-refractivity contribution < 1.29 is 93.1 Å². The van der Waals surface area contributed by atoms with Crippen molar-refractivity contribution in [2.45, 2.75) is 212 Å². The maximum Gasteiger partial charge on any atom is 0.302 e. The van der Waals surface area contributed by atoms with Gasteiger partial charge >= 0.3 is 17.9 Å². The van der Waals surface area contributed by atoms with E-state index in [1.807, 2.05) is 0 Å². The molecule has 0 aromatic carbocycles. The first-order valence-corrected chi connectivity index (χ1v) is 20.5. The van der Waals surface area contributed by atoms with Crippen LogP contribution in [0.15, 0.2) is 0 Å². The Morgan fingerprint density at radius 2 is 0.656 bits per heavy atom. The molecule has 356 valence electrons. The number of esters is 3. The zero-order valence-electron chi connectivity index (χ0n) is 40.0. The second-order valence-electron chi connectivity index (χ2n) is 20.2. The summed E-state index contributed by atoms with van der Waals surface area (Å²) in [5.41, 5.74) is -3.24. The zero-order valence-corrected chi connectivity index (χ0v) is 40.0. The number of hydrogen-bond donors (Lipinski definition) is 4. The highest BCUT2D eigenvalue weighted by Gasteiger charge is 2.54. The molecule has 0 aromatic heterocycles. The minimum absolute atomic E-state index is 0.00130. The molecule has 4 N–H and O–H groups in total. The zero-order chi connectivity index (χ0) is 48.3. The summed E-state index contributed by atoms with van der Waals surface area (Å²) in [6.45, 7) is 30.1. The van der Waals surface area contributed by atoms with E-state index in [2.05, 4.69) is 83.1 Å². The second kappa shape index (κ2) is 22.2. The molecule has 0 aliphatic carbocycles. The van der Waals surface area contributed by atoms with Gasteiger partial charge in [-0.05, 0) is 83.1 Å². The van der Waals surface area contributed by atoms with Gasteiger partial charge in [0.15, 0.2) is 0 Å². The topological polar surface area (TPSA) is 261 Å². The van der Waals surface area contributed by atoms with E-state index in [1.165, 1.54) is 20.8 Å². The summed E-state index contributed by atoms with van der Waals surface area (Å²) in [6.07, 6.45) is 2.28. The van der Waals surface area contributed by atoms with Gasteiger partial charge in [-0.15, -0.1) is 0 Å². The van der Waals surface area contributed by atoms with Crippen molar-refractivity contribution in [1.82, 2.24) is 0 Å². The molecule has 3 aliphatic heterocycles. The molecule has 3 heterocycles. The van der Waals surface area contributed by atoms with Crippen LogP contribution >= 0.6 is 0 Å². The molecule has 0 atom stereocenters. The van der Waals surface area contributed by atoms with Crippen molar-refractivity contribution in [3.05, 3.63) is 0 Å². The first kappa shape index (κ1) is 57.5. The van der Waals surface area contributed by atoms with E-state index in [-0.39, 0.29) is 69.5 Å². The molecule has 0 saturated carbocycles. The van der Waals surface area contributed by atoms with Crippen LogP contribution in [0.2, 0.25) is 0 Å². The molecule has 19 heteroatoms. The molecule has 61 heavy (non-hydrogen) atoms. The Kier molecular flexibility index (Phi) is 21.0. The average molecular weight is 880 g/mol. The lowest BCUT2D eigenvalue weighted by Gasteiger charge is -2.48. The summed E-state index contributed by atoms with van der Waals surface area (Å²) in [6, 6.07) is 0. The number of nitrogens with one attached hydrogen (secondary N) is 3. The normalized spacial score (nSPS) is 27.6. The fourth-order valence-corrected chi connectivity index (χ4v) is 10.2. The molecule has 0 amide bonds. The number of carbonyl (C=O) groups is 6. The van der Waals surface area contributed by atoms with Gasteiger partial charge < -0.3 is 49.0 Å². The molecule has 0 radical (unpaired) electrons. The van der Waals surface area contributed by atoms with Crippen LogP contribution in [0.3, 0.4) is 0 Å². The Hall–Kier alpha value is -3.46. The van der Waals surface area contributed by atoms with Gasteiger partial charge in [-0.3, -0.25) is 14.4 Å². The number of ether oxygens (including phenoxy) is 3. The highest BCUT2D eigenvalue weighted by molar-refractivity contribution is 5.86. The van der Waals surface area contributed by atoms with Crippen LogP contribution in [-0.4, -0.2) is 119 Å². The van der Waals surface area contributed by atoms with Gasteiger partial charge in [0.2, 0.25) is 0 Å². The fourth-order valence-electron chi connectivity index (χ4n) is 10.2. The number of carboxylic acids is 3. The van der Waals surface area contributed by atoms with Crippen LogP contribution < -0.4 is 30.5 Å². The second-order valence-corrected chi connectivity index (χ2v) is 20.2. The largest absolute Gasteiger partial charge is 0.550 e. The summed E-state index contributed by atoms with van der Waals surface area (Å²) < 4.78 is 16.0. The van der Waals surface area contributed by atoms with Crippen LogP contribution in [0.4, 0.5) is 0 Å². The lowest BCUT2D eigenvalue weighted by atomic mass is 9.80. The predicted molar refractivity (Wildman–Crippen MR) is 212 cm³/mol. The predicted octanol–water partition coefficient (Wildman–Crippen LogP) is -3.11. The number of piperidine rings is 3. The SMILES string of the molecule is CO[NH+]1C(C)(C)CC(OC(C)=O)CC1(C)C.CO[NH+]1C(C)(C)CC(OC(C)=O)CC1(C)C.CO[NH+]1C(C)(C)CC(OC(C)=O)CC1(C)C.O=C([O-])CC(O)(CC(=O)[O-])C(=O)[O-]. The molecular weight excluding hydrogens is 802 g/mol. The lowest BCUT2D eigenvalue weighted by molar-refractivity contribution is -1.16. The maximum atomic E-state index is 11.0. The molecule has 3 fully saturated rings. The Labute approximate surface area is 362 Å². The highest BCUT2D eigenvalue weighted by atomic mass is 16.7. The minimum Gasteiger partial charge on any atom is -0.550 e. The quantitative estimate of drug-likeness (QED) is 0.118. The van der Waals surface area contributed by atoms with Crippen molar-refractivity contribution in [2.24, 2.45) is 0 Å². The van der Waals surface area contributed by atoms with Crippen LogP contribution in [0, 0.1) is 0 Å². The van der Waals surface area contributed by atoms with Gasteiger partial charge in [0.1, 0.15) is 57.1 Å². The average Bonchev–Trinajstić information content (AvgIpc) is 2.97. The third-order valence-electron chi connectivity index (χ3n) is 11.0. The molecule has 0 aromatic rings. The molecular formula is C42H77N3O16. The van der Waals surface area contributed by atoms with Gasteiger partial charge in [-0.25, -0.2) is 14.5 Å². The molecule has 19 nitrogen and oxygen atoms in total. The van der Waals surface area contributed by atoms with Crippen molar-refractivity contribution in [3.8, 4) is 0 Å². The number of hydrogen-bond acceptors (Lipinski definition) is 16. The van der Waals surface area contributed by atoms with Gasteiger partial charge in [-0.2, -0.15) is 15.2 Å². The smallest absolute Gasteiger partial charge is 0.302 e. The van der Waals surface area contributed by atoms with Crippen molar-refractivity contribution in [2.75, 3.05) is 21.3 Å². The standard InChI is InChI=1S/3C12H23NO3.C6H8O7/c3*1-9(14)16-10-7-11(2,3)13(15-6)12(4,5)8-10;7-3(8)1-6(13,5(11)12)2-4(9)10/h3*10H,7-8H2,1-6H3;13H,1-2H2,(H,7,8)(H,9,10)(H,11,12). The van der Waals surface area contributed by atoms with Gasteiger partial charge in [0, 0.05) is 84.1 Å². The first-order valence-electron chi connectivity index (χ1n) is 20.5. The van der Waals surface area contributed by atoms with Gasteiger partial charge in [0.05, 0.1) is 27.3 Å². The van der Waals surface area contributed by atoms with Crippen LogP contribution in [0.25, 0.3) is 0 Å². The molecule has 0 spiro atoms. The number of carboxylic acid groups (broad SMARTS) is 3. The van der Waals surface area contributed by atoms with Crippen molar-refractivity contribution in [1.29, 1.82) is 0 Å². The Bertz CT molecular complexity index is 1310. The van der Waals surface area contributed by atoms with Gasteiger partial charge in [0.25, 0.3) is 0 Å². The number of rotatable bonds is 11. The first-order chi connectivity index (χ1) is 27.3. The lowest BCUT2D eigenvalue weighted by Crippen LogP contribution is -3.26. The monoisotopic (exact) mass is 880 g/mol. The Balaban J connectivity index is 0.000000790. The fraction of sp³-hybridized carbons (Fsp3) is 0.857. The van der Waals surface area contributed by atoms with E-state index in [0.29, 0.717) is 0 Å². The van der Waals surface area contributed by atoms with E-state index in [9.17, 15) is 44.1 Å². The minimum atomic E-state index is -2.97. The molecule has 0 bridgehead atoms. The molecule has 0 unspecified atom stereocenters. The number of hydroxylamine groups is 6. The summed E-state index contributed by atoms with van der Waals surface area (Å²) in [4.78, 5) is 79.7. The summed E-state index contributed by atoms with van der Waals surface area (Å²) in [5, 5.41) is 42.2. The van der Waals surface area contributed by atoms with E-state index >= 15 is 0 Å². The summed E-state index contributed by atoms with van der Waals surface area (Å²) in [7, 11) is 5.18. The van der Waals surface area contributed by atoms with Crippen LogP contribution in [-0.2, 0) is 57.5 Å². The Morgan fingerprint density at radius 1 is 0.475 bits per heavy atom. The van der Waals surface area contributed by atoms with E-state index in [0.717, 1.165) is 53.7 Å². The van der Waals surface area contributed by atoms with Gasteiger partial charge in [-0.1, -0.05) is 0 Å². The van der Waals surface area contributed by atoms with E-state index < -0.39 is 36.4 Å². The summed E-state index contributed by atoms with van der Waals surface area (Å²) in [5.74, 6) is -6.57. The highest BCUT2D eigenvalue weighted by Crippen LogP contribution is 2.28. The summed E-state index contributed by atoms with van der Waals surface area (Å²) >= 11 is 0. The number of aliphatic hydroxyl groups is 1. The van der Waals surface area contributed by atoms with E-state index in [4.69, 9.17) is 33.8 Å². The van der Waals surface area contributed by atoms with Crippen molar-refractivity contribution >= 4 is 35.8 Å². The molecule has 3 aliphatic rings. The van der Waals surface area contributed by atoms with Crippen LogP contribution in [0.5, 0.6) is 0 Å². The van der Waals surface area contributed by atoms with E-state index in [1.54, 1.807) is 21.3 Å². The molecule has 3 rings (SSSR count). The Morgan fingerprint density at radius 3 is 0.770 bits per heavy atom. The maximum absolute atomic E-state index is 11.0. The third-order valence-corrected chi connectivity index (χ3v) is 11.0. The van der Waals surface area contributed by atoms with Crippen LogP contribution in [0.1, 0.15) is 155 Å². The molecule has 3 saturated heterocycles. The number of carbonyl (C=O) groups excluding carboxylic acids is 6. The third kappa shape index (κ3) is 18.0.